The van der Waals surface area contributed by atoms with Crippen LogP contribution in [0.2, 0.25) is 0 Å². The maximum absolute atomic E-state index is 12.1. The van der Waals surface area contributed by atoms with Crippen LogP contribution >= 0.6 is 0 Å². The Morgan fingerprint density at radius 2 is 1.62 bits per heavy atom. The minimum atomic E-state index is -0.624. The van der Waals surface area contributed by atoms with E-state index in [1.807, 2.05) is 41.5 Å². The molecule has 5 nitrogen and oxygen atoms in total. The van der Waals surface area contributed by atoms with Crippen LogP contribution in [0.25, 0.3) is 0 Å². The summed E-state index contributed by atoms with van der Waals surface area (Å²) in [4.78, 5) is 23.6. The lowest BCUT2D eigenvalue weighted by Crippen LogP contribution is -2.36. The smallest absolute Gasteiger partial charge is 0.311 e. The van der Waals surface area contributed by atoms with E-state index in [9.17, 15) is 9.59 Å². The van der Waals surface area contributed by atoms with Crippen molar-refractivity contribution in [3.63, 3.8) is 0 Å². The quantitative estimate of drug-likeness (QED) is 0.612. The molecule has 0 aromatic heterocycles. The number of carbonyl (C=O) groups excluding carboxylic acids is 2. The van der Waals surface area contributed by atoms with Crippen LogP contribution in [-0.2, 0) is 23.8 Å². The molecule has 0 rings (SSSR count). The molecule has 0 saturated heterocycles. The van der Waals surface area contributed by atoms with Crippen molar-refractivity contribution < 1.29 is 23.8 Å². The van der Waals surface area contributed by atoms with Crippen LogP contribution in [0.5, 0.6) is 0 Å². The molecule has 0 radical (unpaired) electrons. The zero-order valence-electron chi connectivity index (χ0n) is 14.4. The number of hydrogen-bond acceptors (Lipinski definition) is 5. The number of methoxy groups -OCH3 is 1. The Morgan fingerprint density at radius 1 is 1.05 bits per heavy atom. The van der Waals surface area contributed by atoms with E-state index in [1.165, 1.54) is 7.11 Å². The highest BCUT2D eigenvalue weighted by atomic mass is 16.6. The van der Waals surface area contributed by atoms with Gasteiger partial charge in [-0.3, -0.25) is 9.59 Å². The van der Waals surface area contributed by atoms with Gasteiger partial charge in [0.05, 0.1) is 31.2 Å². The average Bonchev–Trinajstić information content (AvgIpc) is 2.44. The van der Waals surface area contributed by atoms with Crippen LogP contribution in [0.1, 0.15) is 60.8 Å². The van der Waals surface area contributed by atoms with Crippen LogP contribution in [0, 0.1) is 5.41 Å². The molecule has 0 amide bonds. The molecule has 0 aromatic carbocycles. The second-order valence-corrected chi connectivity index (χ2v) is 6.47. The third kappa shape index (κ3) is 7.46. The highest BCUT2D eigenvalue weighted by Crippen LogP contribution is 2.23. The van der Waals surface area contributed by atoms with Crippen molar-refractivity contribution in [2.45, 2.75) is 72.5 Å². The SMILES string of the molecule is CCC(C)(C)OCC(CC(=O)OC)OC(=O)C(C)(C)CC. The highest BCUT2D eigenvalue weighted by Gasteiger charge is 2.31. The Hall–Kier alpha value is -1.10. The van der Waals surface area contributed by atoms with Gasteiger partial charge in [0.15, 0.2) is 0 Å². The molecule has 5 heteroatoms. The highest BCUT2D eigenvalue weighted by molar-refractivity contribution is 5.77. The van der Waals surface area contributed by atoms with Gasteiger partial charge in [-0.2, -0.15) is 0 Å². The van der Waals surface area contributed by atoms with Gasteiger partial charge in [0, 0.05) is 0 Å². The number of hydrogen-bond donors (Lipinski definition) is 0. The summed E-state index contributed by atoms with van der Waals surface area (Å²) in [6, 6.07) is 0. The maximum Gasteiger partial charge on any atom is 0.311 e. The number of ether oxygens (including phenoxy) is 3. The Labute approximate surface area is 128 Å². The first-order valence-corrected chi connectivity index (χ1v) is 7.49. The molecule has 124 valence electrons. The topological polar surface area (TPSA) is 61.8 Å². The number of rotatable bonds is 9. The number of carbonyl (C=O) groups is 2. The molecule has 1 unspecified atom stereocenters. The van der Waals surface area contributed by atoms with Crippen molar-refractivity contribution in [2.24, 2.45) is 5.41 Å². The van der Waals surface area contributed by atoms with Crippen LogP contribution in [0.15, 0.2) is 0 Å². The van der Waals surface area contributed by atoms with E-state index >= 15 is 0 Å². The lowest BCUT2D eigenvalue weighted by molar-refractivity contribution is -0.169. The molecular formula is C16H30O5. The van der Waals surface area contributed by atoms with E-state index in [0.29, 0.717) is 6.42 Å². The average molecular weight is 302 g/mol. The van der Waals surface area contributed by atoms with Crippen LogP contribution in [0.4, 0.5) is 0 Å². The van der Waals surface area contributed by atoms with Gasteiger partial charge in [0.25, 0.3) is 0 Å². The van der Waals surface area contributed by atoms with Gasteiger partial charge in [-0.25, -0.2) is 0 Å². The van der Waals surface area contributed by atoms with Crippen LogP contribution in [-0.4, -0.2) is 37.4 Å². The van der Waals surface area contributed by atoms with Crippen LogP contribution < -0.4 is 0 Å². The van der Waals surface area contributed by atoms with Gasteiger partial charge in [0.1, 0.15) is 6.10 Å². The monoisotopic (exact) mass is 302 g/mol. The molecule has 0 aliphatic carbocycles. The van der Waals surface area contributed by atoms with E-state index < -0.39 is 17.5 Å². The Bertz CT molecular complexity index is 347. The van der Waals surface area contributed by atoms with Crippen molar-refractivity contribution in [1.29, 1.82) is 0 Å². The zero-order valence-corrected chi connectivity index (χ0v) is 14.4. The molecule has 0 aliphatic rings. The fraction of sp³-hybridized carbons (Fsp3) is 0.875. The zero-order chi connectivity index (χ0) is 16.7. The fourth-order valence-corrected chi connectivity index (χ4v) is 1.28. The Balaban J connectivity index is 4.75. The summed E-state index contributed by atoms with van der Waals surface area (Å²) in [7, 11) is 1.31. The normalized spacial score (nSPS) is 13.7. The third-order valence-corrected chi connectivity index (χ3v) is 3.84. The van der Waals surface area contributed by atoms with E-state index in [-0.39, 0.29) is 24.6 Å². The first-order chi connectivity index (χ1) is 9.57. The van der Waals surface area contributed by atoms with E-state index in [2.05, 4.69) is 4.74 Å². The molecule has 0 bridgehead atoms. The first-order valence-electron chi connectivity index (χ1n) is 7.49. The molecule has 0 fully saturated rings. The van der Waals surface area contributed by atoms with Crippen LogP contribution in [0.3, 0.4) is 0 Å². The first kappa shape index (κ1) is 19.9. The van der Waals surface area contributed by atoms with Gasteiger partial charge in [-0.1, -0.05) is 13.8 Å². The molecule has 0 heterocycles. The van der Waals surface area contributed by atoms with Crippen molar-refractivity contribution in [1.82, 2.24) is 0 Å². The van der Waals surface area contributed by atoms with E-state index in [0.717, 1.165) is 6.42 Å². The second kappa shape index (κ2) is 8.37. The summed E-state index contributed by atoms with van der Waals surface area (Å²) < 4.78 is 15.8. The molecule has 1 atom stereocenters. The van der Waals surface area contributed by atoms with Crippen molar-refractivity contribution in [2.75, 3.05) is 13.7 Å². The summed E-state index contributed by atoms with van der Waals surface area (Å²) >= 11 is 0. The summed E-state index contributed by atoms with van der Waals surface area (Å²) in [5.41, 5.74) is -0.893. The molecule has 0 spiro atoms. The van der Waals surface area contributed by atoms with Crippen molar-refractivity contribution >= 4 is 11.9 Å². The lowest BCUT2D eigenvalue weighted by Gasteiger charge is -2.29. The minimum Gasteiger partial charge on any atom is -0.469 e. The predicted octanol–water partition coefficient (Wildman–Crippen LogP) is 3.10. The molecule has 0 aliphatic heterocycles. The Morgan fingerprint density at radius 3 is 2.05 bits per heavy atom. The summed E-state index contributed by atoms with van der Waals surface area (Å²) in [6.07, 6.45) is 0.869. The second-order valence-electron chi connectivity index (χ2n) is 6.47. The molecule has 0 aromatic rings. The lowest BCUT2D eigenvalue weighted by atomic mass is 9.90. The summed E-state index contributed by atoms with van der Waals surface area (Å²) in [5.74, 6) is -0.739. The largest absolute Gasteiger partial charge is 0.469 e. The van der Waals surface area contributed by atoms with Crippen molar-refractivity contribution in [3.8, 4) is 0 Å². The minimum absolute atomic E-state index is 0.00181. The molecule has 21 heavy (non-hydrogen) atoms. The predicted molar refractivity (Wildman–Crippen MR) is 80.9 cm³/mol. The summed E-state index contributed by atoms with van der Waals surface area (Å²) in [6.45, 7) is 11.7. The molecular weight excluding hydrogens is 272 g/mol. The van der Waals surface area contributed by atoms with Gasteiger partial charge < -0.3 is 14.2 Å². The fourth-order valence-electron chi connectivity index (χ4n) is 1.28. The number of esters is 2. The molecule has 0 N–H and O–H groups in total. The molecule has 0 saturated carbocycles. The van der Waals surface area contributed by atoms with E-state index in [4.69, 9.17) is 9.47 Å². The van der Waals surface area contributed by atoms with Gasteiger partial charge in [-0.05, 0) is 40.5 Å². The summed E-state index contributed by atoms with van der Waals surface area (Å²) in [5, 5.41) is 0. The van der Waals surface area contributed by atoms with Crippen molar-refractivity contribution in [3.05, 3.63) is 0 Å². The van der Waals surface area contributed by atoms with Gasteiger partial charge in [0.2, 0.25) is 0 Å². The standard InChI is InChI=1S/C16H30O5/c1-8-15(3,4)14(18)21-12(10-13(17)19-7)11-20-16(5,6)9-2/h12H,8-11H2,1-7H3. The maximum atomic E-state index is 12.1. The Kier molecular flexibility index (Phi) is 7.93. The van der Waals surface area contributed by atoms with Gasteiger partial charge in [-0.15, -0.1) is 0 Å². The third-order valence-electron chi connectivity index (χ3n) is 3.84. The van der Waals surface area contributed by atoms with Gasteiger partial charge >= 0.3 is 11.9 Å². The van der Waals surface area contributed by atoms with E-state index in [1.54, 1.807) is 0 Å².